The van der Waals surface area contributed by atoms with E-state index in [2.05, 4.69) is 17.2 Å². The van der Waals surface area contributed by atoms with Crippen LogP contribution in [0, 0.1) is 5.92 Å². The second-order valence-electron chi connectivity index (χ2n) is 5.63. The first kappa shape index (κ1) is 20.4. The van der Waals surface area contributed by atoms with Crippen molar-refractivity contribution in [2.45, 2.75) is 13.5 Å². The first-order valence-corrected chi connectivity index (χ1v) is 7.99. The van der Waals surface area contributed by atoms with Gasteiger partial charge in [0.1, 0.15) is 0 Å². The molecule has 1 rings (SSSR count). The lowest BCUT2D eigenvalue weighted by atomic mass is 10.1. The number of benzene rings is 1. The molecule has 25 heavy (non-hydrogen) atoms. The van der Waals surface area contributed by atoms with Crippen LogP contribution >= 0.6 is 0 Å². The van der Waals surface area contributed by atoms with Crippen molar-refractivity contribution in [1.29, 1.82) is 0 Å². The molecular formula is C18H25N3O4. The third-order valence-electron chi connectivity index (χ3n) is 3.41. The monoisotopic (exact) mass is 347 g/mol. The SMILES string of the molecule is C=CCNC(=O)NC(=O)CN(Cc1ccccc1)C[C@@H](C)C(=O)OC. The Morgan fingerprint density at radius 3 is 2.56 bits per heavy atom. The van der Waals surface area contributed by atoms with Crippen molar-refractivity contribution in [1.82, 2.24) is 15.5 Å². The second kappa shape index (κ2) is 11.0. The van der Waals surface area contributed by atoms with Gasteiger partial charge in [-0.1, -0.05) is 43.3 Å². The number of carbonyl (C=O) groups is 3. The fraction of sp³-hybridized carbons (Fsp3) is 0.389. The molecule has 0 saturated carbocycles. The van der Waals surface area contributed by atoms with Gasteiger partial charge in [-0.25, -0.2) is 4.79 Å². The zero-order valence-corrected chi connectivity index (χ0v) is 14.7. The van der Waals surface area contributed by atoms with E-state index in [1.807, 2.05) is 30.3 Å². The summed E-state index contributed by atoms with van der Waals surface area (Å²) in [6, 6.07) is 9.00. The van der Waals surface area contributed by atoms with E-state index < -0.39 is 17.9 Å². The number of nitrogens with zero attached hydrogens (tertiary/aromatic N) is 1. The summed E-state index contributed by atoms with van der Waals surface area (Å²) < 4.78 is 4.74. The minimum absolute atomic E-state index is 0.0161. The van der Waals surface area contributed by atoms with E-state index in [0.717, 1.165) is 5.56 Å². The molecule has 0 bridgehead atoms. The average Bonchev–Trinajstić information content (AvgIpc) is 2.59. The first-order valence-electron chi connectivity index (χ1n) is 7.99. The topological polar surface area (TPSA) is 87.7 Å². The third kappa shape index (κ3) is 8.12. The van der Waals surface area contributed by atoms with E-state index in [0.29, 0.717) is 13.1 Å². The number of carbonyl (C=O) groups excluding carboxylic acids is 3. The molecule has 3 amide bonds. The van der Waals surface area contributed by atoms with Gasteiger partial charge in [-0.15, -0.1) is 6.58 Å². The number of nitrogens with one attached hydrogen (secondary N) is 2. The molecule has 1 atom stereocenters. The Kier molecular flexibility index (Phi) is 8.95. The van der Waals surface area contributed by atoms with Crippen LogP contribution in [0.2, 0.25) is 0 Å². The highest BCUT2D eigenvalue weighted by Gasteiger charge is 2.20. The van der Waals surface area contributed by atoms with Gasteiger partial charge in [-0.3, -0.25) is 19.8 Å². The molecule has 0 aliphatic rings. The summed E-state index contributed by atoms with van der Waals surface area (Å²) in [6.45, 7) is 6.29. The lowest BCUT2D eigenvalue weighted by Gasteiger charge is -2.24. The minimum atomic E-state index is -0.578. The maximum absolute atomic E-state index is 12.1. The molecule has 0 saturated heterocycles. The summed E-state index contributed by atoms with van der Waals surface area (Å²) in [5, 5.41) is 4.73. The molecule has 0 radical (unpaired) electrons. The van der Waals surface area contributed by atoms with Gasteiger partial charge in [-0.2, -0.15) is 0 Å². The Morgan fingerprint density at radius 1 is 1.28 bits per heavy atom. The van der Waals surface area contributed by atoms with E-state index in [4.69, 9.17) is 4.74 Å². The Balaban J connectivity index is 2.69. The number of hydrogen-bond donors (Lipinski definition) is 2. The number of hydrogen-bond acceptors (Lipinski definition) is 5. The molecule has 1 aromatic rings. The molecule has 0 aliphatic carbocycles. The van der Waals surface area contributed by atoms with Crippen LogP contribution in [0.4, 0.5) is 4.79 Å². The van der Waals surface area contributed by atoms with Crippen molar-refractivity contribution in [2.75, 3.05) is 26.7 Å². The number of imide groups is 1. The van der Waals surface area contributed by atoms with E-state index in [-0.39, 0.29) is 19.1 Å². The van der Waals surface area contributed by atoms with Crippen LogP contribution in [-0.2, 0) is 20.9 Å². The van der Waals surface area contributed by atoms with Crippen LogP contribution in [0.25, 0.3) is 0 Å². The fourth-order valence-corrected chi connectivity index (χ4v) is 2.27. The van der Waals surface area contributed by atoms with Crippen LogP contribution in [0.3, 0.4) is 0 Å². The predicted molar refractivity (Wildman–Crippen MR) is 94.6 cm³/mol. The zero-order chi connectivity index (χ0) is 18.7. The molecule has 0 spiro atoms. The van der Waals surface area contributed by atoms with Crippen LogP contribution in [0.15, 0.2) is 43.0 Å². The highest BCUT2D eigenvalue weighted by Crippen LogP contribution is 2.08. The number of urea groups is 1. The lowest BCUT2D eigenvalue weighted by molar-refractivity contribution is -0.145. The maximum atomic E-state index is 12.1. The molecule has 7 heteroatoms. The maximum Gasteiger partial charge on any atom is 0.321 e. The number of methoxy groups -OCH3 is 1. The van der Waals surface area contributed by atoms with Crippen LogP contribution in [0.5, 0.6) is 0 Å². The largest absolute Gasteiger partial charge is 0.469 e. The Labute approximate surface area is 148 Å². The smallest absolute Gasteiger partial charge is 0.321 e. The number of esters is 1. The summed E-state index contributed by atoms with van der Waals surface area (Å²) in [5.41, 5.74) is 1.00. The van der Waals surface area contributed by atoms with Crippen molar-refractivity contribution in [3.05, 3.63) is 48.6 Å². The van der Waals surface area contributed by atoms with Gasteiger partial charge in [0.2, 0.25) is 5.91 Å². The van der Waals surface area contributed by atoms with Gasteiger partial charge in [0.15, 0.2) is 0 Å². The van der Waals surface area contributed by atoms with Gasteiger partial charge >= 0.3 is 12.0 Å². The predicted octanol–water partition coefficient (Wildman–Crippen LogP) is 1.31. The fourth-order valence-electron chi connectivity index (χ4n) is 2.27. The first-order chi connectivity index (χ1) is 12.0. The Hall–Kier alpha value is -2.67. The molecular weight excluding hydrogens is 322 g/mol. The van der Waals surface area contributed by atoms with E-state index in [1.54, 1.807) is 11.8 Å². The van der Waals surface area contributed by atoms with E-state index in [1.165, 1.54) is 13.2 Å². The molecule has 1 aromatic carbocycles. The summed E-state index contributed by atoms with van der Waals surface area (Å²) in [7, 11) is 1.33. The van der Waals surface area contributed by atoms with Gasteiger partial charge in [-0.05, 0) is 5.56 Å². The Bertz CT molecular complexity index is 589. The summed E-state index contributed by atoms with van der Waals surface area (Å²) in [4.78, 5) is 37.1. The van der Waals surface area contributed by atoms with Crippen molar-refractivity contribution < 1.29 is 19.1 Å². The van der Waals surface area contributed by atoms with Crippen molar-refractivity contribution in [3.8, 4) is 0 Å². The van der Waals surface area contributed by atoms with Gasteiger partial charge < -0.3 is 10.1 Å². The normalized spacial score (nSPS) is 11.5. The molecule has 0 fully saturated rings. The van der Waals surface area contributed by atoms with Crippen molar-refractivity contribution >= 4 is 17.9 Å². The minimum Gasteiger partial charge on any atom is -0.469 e. The molecule has 0 aliphatic heterocycles. The molecule has 2 N–H and O–H groups in total. The number of amides is 3. The highest BCUT2D eigenvalue weighted by molar-refractivity contribution is 5.95. The Morgan fingerprint density at radius 2 is 1.96 bits per heavy atom. The quantitative estimate of drug-likeness (QED) is 0.519. The van der Waals surface area contributed by atoms with Crippen molar-refractivity contribution in [3.63, 3.8) is 0 Å². The van der Waals surface area contributed by atoms with Crippen LogP contribution < -0.4 is 10.6 Å². The molecule has 0 heterocycles. The molecule has 136 valence electrons. The molecule has 0 aromatic heterocycles. The summed E-state index contributed by atoms with van der Waals surface area (Å²) in [6.07, 6.45) is 1.52. The van der Waals surface area contributed by atoms with Crippen molar-refractivity contribution in [2.24, 2.45) is 5.92 Å². The zero-order valence-electron chi connectivity index (χ0n) is 14.7. The third-order valence-corrected chi connectivity index (χ3v) is 3.41. The molecule has 0 unspecified atom stereocenters. The number of rotatable bonds is 9. The van der Waals surface area contributed by atoms with Crippen LogP contribution in [-0.4, -0.2) is 49.6 Å². The summed E-state index contributed by atoms with van der Waals surface area (Å²) in [5.74, 6) is -1.19. The lowest BCUT2D eigenvalue weighted by Crippen LogP contribution is -2.45. The van der Waals surface area contributed by atoms with E-state index in [9.17, 15) is 14.4 Å². The average molecular weight is 347 g/mol. The second-order valence-corrected chi connectivity index (χ2v) is 5.63. The summed E-state index contributed by atoms with van der Waals surface area (Å²) >= 11 is 0. The standard InChI is InChI=1S/C18H25N3O4/c1-4-10-19-18(24)20-16(22)13-21(11-14(2)17(23)25-3)12-15-8-6-5-7-9-15/h4-9,14H,1,10-13H2,2-3H3,(H2,19,20,22,24)/t14-/m1/s1. The van der Waals surface area contributed by atoms with Crippen LogP contribution in [0.1, 0.15) is 12.5 Å². The number of ether oxygens (including phenoxy) is 1. The van der Waals surface area contributed by atoms with Gasteiger partial charge in [0, 0.05) is 19.6 Å². The van der Waals surface area contributed by atoms with Gasteiger partial charge in [0.25, 0.3) is 0 Å². The van der Waals surface area contributed by atoms with Gasteiger partial charge in [0.05, 0.1) is 19.6 Å². The highest BCUT2D eigenvalue weighted by atomic mass is 16.5. The van der Waals surface area contributed by atoms with E-state index >= 15 is 0 Å². The molecule has 7 nitrogen and oxygen atoms in total.